The molecule has 36 heavy (non-hydrogen) atoms. The third-order valence-corrected chi connectivity index (χ3v) is 7.41. The zero-order chi connectivity index (χ0) is 26.0. The third-order valence-electron chi connectivity index (χ3n) is 5.35. The van der Waals surface area contributed by atoms with Gasteiger partial charge in [-0.2, -0.15) is 0 Å². The molecule has 0 bridgehead atoms. The minimum atomic E-state index is -0.418. The number of halogens is 3. The summed E-state index contributed by atoms with van der Waals surface area (Å²) in [6.07, 6.45) is 0. The molecule has 2 aromatic carbocycles. The van der Waals surface area contributed by atoms with Crippen molar-refractivity contribution in [3.8, 4) is 11.5 Å². The average molecular weight is 571 g/mol. The zero-order valence-corrected chi connectivity index (χ0v) is 22.6. The van der Waals surface area contributed by atoms with E-state index in [4.69, 9.17) is 44.3 Å². The lowest BCUT2D eigenvalue weighted by Gasteiger charge is -2.21. The van der Waals surface area contributed by atoms with E-state index >= 15 is 0 Å². The van der Waals surface area contributed by atoms with Crippen LogP contribution in [0.5, 0.6) is 11.5 Å². The molecule has 3 aromatic rings. The van der Waals surface area contributed by atoms with E-state index in [0.29, 0.717) is 38.8 Å². The van der Waals surface area contributed by atoms with Gasteiger partial charge < -0.3 is 24.7 Å². The van der Waals surface area contributed by atoms with Crippen molar-refractivity contribution in [1.29, 1.82) is 0 Å². The Balaban J connectivity index is 1.42. The van der Waals surface area contributed by atoms with Crippen LogP contribution in [0.1, 0.15) is 36.1 Å². The molecule has 0 spiro atoms. The second-order valence-electron chi connectivity index (χ2n) is 8.25. The van der Waals surface area contributed by atoms with Crippen LogP contribution >= 0.6 is 46.6 Å². The Bertz CT molecular complexity index is 1320. The van der Waals surface area contributed by atoms with Crippen LogP contribution in [0.2, 0.25) is 15.1 Å². The van der Waals surface area contributed by atoms with Gasteiger partial charge in [-0.3, -0.25) is 9.59 Å². The van der Waals surface area contributed by atoms with Gasteiger partial charge in [0.25, 0.3) is 5.91 Å². The number of hydrogen-bond donors (Lipinski definition) is 2. The molecular weight excluding hydrogens is 549 g/mol. The first-order valence-electron chi connectivity index (χ1n) is 10.8. The van der Waals surface area contributed by atoms with Crippen molar-refractivity contribution in [2.45, 2.75) is 25.0 Å². The summed E-state index contributed by atoms with van der Waals surface area (Å²) in [4.78, 5) is 25.4. The molecule has 190 valence electrons. The second-order valence-corrected chi connectivity index (χ2v) is 10.4. The number of anilines is 1. The molecule has 9 nitrogen and oxygen atoms in total. The van der Waals surface area contributed by atoms with Gasteiger partial charge >= 0.3 is 0 Å². The fraction of sp³-hybridized carbons (Fsp3) is 0.304. The summed E-state index contributed by atoms with van der Waals surface area (Å²) < 4.78 is 12.4. The fourth-order valence-electron chi connectivity index (χ4n) is 3.45. The first kappa shape index (κ1) is 26.4. The summed E-state index contributed by atoms with van der Waals surface area (Å²) >= 11 is 19.3. The van der Waals surface area contributed by atoms with Gasteiger partial charge in [0.05, 0.1) is 32.5 Å². The number of aromatic nitrogens is 3. The van der Waals surface area contributed by atoms with Crippen LogP contribution in [0.25, 0.3) is 0 Å². The molecule has 0 saturated carbocycles. The molecule has 2 N–H and O–H groups in total. The number of fused-ring (bicyclic) bond motifs is 1. The number of benzene rings is 2. The minimum Gasteiger partial charge on any atom is -0.454 e. The highest BCUT2D eigenvalue weighted by atomic mass is 35.5. The number of ether oxygens (including phenoxy) is 2. The average Bonchev–Trinajstić information content (AvgIpc) is 3.45. The second kappa shape index (κ2) is 11.2. The van der Waals surface area contributed by atoms with Gasteiger partial charge in [-0.15, -0.1) is 10.2 Å². The highest BCUT2D eigenvalue weighted by Crippen LogP contribution is 2.34. The van der Waals surface area contributed by atoms with E-state index in [2.05, 4.69) is 20.8 Å². The first-order chi connectivity index (χ1) is 17.1. The topological polar surface area (TPSA) is 107 Å². The number of rotatable bonds is 8. The van der Waals surface area contributed by atoms with E-state index in [1.165, 1.54) is 23.9 Å². The lowest BCUT2D eigenvalue weighted by molar-refractivity contribution is -0.113. The van der Waals surface area contributed by atoms with E-state index in [1.807, 2.05) is 13.8 Å². The SMILES string of the molecule is CC(C)C(NC(=O)c1ccc2c(c1)OCO2)c1nnc(SCC(=O)Nc2cc(Cl)c(Cl)cc2Cl)n1C. The van der Waals surface area contributed by atoms with Crippen molar-refractivity contribution in [2.24, 2.45) is 13.0 Å². The number of nitrogens with zero attached hydrogens (tertiary/aromatic N) is 3. The summed E-state index contributed by atoms with van der Waals surface area (Å²) in [6, 6.07) is 7.56. The van der Waals surface area contributed by atoms with Gasteiger partial charge in [-0.1, -0.05) is 60.4 Å². The molecule has 1 aliphatic heterocycles. The van der Waals surface area contributed by atoms with E-state index in [9.17, 15) is 9.59 Å². The van der Waals surface area contributed by atoms with Crippen molar-refractivity contribution >= 4 is 64.1 Å². The number of carbonyl (C=O) groups is 2. The highest BCUT2D eigenvalue weighted by molar-refractivity contribution is 7.99. The predicted octanol–water partition coefficient (Wildman–Crippen LogP) is 5.36. The summed E-state index contributed by atoms with van der Waals surface area (Å²) in [5, 5.41) is 15.6. The number of amides is 2. The van der Waals surface area contributed by atoms with Crippen molar-refractivity contribution in [3.63, 3.8) is 0 Å². The maximum absolute atomic E-state index is 13.0. The number of thioether (sulfide) groups is 1. The van der Waals surface area contributed by atoms with Gasteiger partial charge in [-0.25, -0.2) is 0 Å². The maximum Gasteiger partial charge on any atom is 0.252 e. The monoisotopic (exact) mass is 569 g/mol. The lowest BCUT2D eigenvalue weighted by Crippen LogP contribution is -2.33. The molecular formula is C23H22Cl3N5O4S. The van der Waals surface area contributed by atoms with Gasteiger partial charge in [0.2, 0.25) is 12.7 Å². The Labute approximate surface area is 226 Å². The molecule has 4 rings (SSSR count). The molecule has 13 heteroatoms. The van der Waals surface area contributed by atoms with Crippen molar-refractivity contribution in [1.82, 2.24) is 20.1 Å². The minimum absolute atomic E-state index is 0.0174. The van der Waals surface area contributed by atoms with Gasteiger partial charge in [0.15, 0.2) is 22.5 Å². The largest absolute Gasteiger partial charge is 0.454 e. The van der Waals surface area contributed by atoms with E-state index in [0.717, 1.165) is 0 Å². The highest BCUT2D eigenvalue weighted by Gasteiger charge is 2.26. The summed E-state index contributed by atoms with van der Waals surface area (Å²) in [5.41, 5.74) is 0.806. The van der Waals surface area contributed by atoms with Crippen LogP contribution in [-0.2, 0) is 11.8 Å². The number of hydrogen-bond acceptors (Lipinski definition) is 7. The van der Waals surface area contributed by atoms with Crippen LogP contribution in [0.15, 0.2) is 35.5 Å². The Kier molecular flexibility index (Phi) is 8.19. The lowest BCUT2D eigenvalue weighted by atomic mass is 10.0. The van der Waals surface area contributed by atoms with E-state index < -0.39 is 6.04 Å². The molecule has 2 heterocycles. The standard InChI is InChI=1S/C23H22Cl3N5O4S/c1-11(2)20(28-22(33)12-4-5-17-18(6-12)35-10-34-17)21-29-30-23(31(21)3)36-9-19(32)27-16-8-14(25)13(24)7-15(16)26/h4-8,11,20H,9-10H2,1-3H3,(H,27,32)(H,28,33). The molecule has 2 amide bonds. The molecule has 1 atom stereocenters. The molecule has 0 radical (unpaired) electrons. The van der Waals surface area contributed by atoms with Gasteiger partial charge in [0, 0.05) is 12.6 Å². The first-order valence-corrected chi connectivity index (χ1v) is 12.9. The smallest absolute Gasteiger partial charge is 0.252 e. The quantitative estimate of drug-likeness (QED) is 0.277. The summed E-state index contributed by atoms with van der Waals surface area (Å²) in [6.45, 7) is 4.08. The molecule has 1 aromatic heterocycles. The molecule has 0 fully saturated rings. The summed E-state index contributed by atoms with van der Waals surface area (Å²) in [5.74, 6) is 1.19. The predicted molar refractivity (Wildman–Crippen MR) is 139 cm³/mol. The number of carbonyl (C=O) groups excluding carboxylic acids is 2. The van der Waals surface area contributed by atoms with Crippen molar-refractivity contribution in [3.05, 3.63) is 56.8 Å². The molecule has 1 aliphatic rings. The fourth-order valence-corrected chi connectivity index (χ4v) is 4.76. The summed E-state index contributed by atoms with van der Waals surface area (Å²) in [7, 11) is 1.79. The Morgan fingerprint density at radius 2 is 1.78 bits per heavy atom. The normalized spacial score (nSPS) is 13.1. The maximum atomic E-state index is 13.0. The van der Waals surface area contributed by atoms with E-state index in [1.54, 1.807) is 29.8 Å². The van der Waals surface area contributed by atoms with Gasteiger partial charge in [0.1, 0.15) is 0 Å². The van der Waals surface area contributed by atoms with E-state index in [-0.39, 0.29) is 40.3 Å². The van der Waals surface area contributed by atoms with Crippen molar-refractivity contribution < 1.29 is 19.1 Å². The third kappa shape index (κ3) is 5.83. The Morgan fingerprint density at radius 1 is 1.06 bits per heavy atom. The molecule has 0 saturated heterocycles. The number of nitrogens with one attached hydrogen (secondary N) is 2. The molecule has 0 aliphatic carbocycles. The van der Waals surface area contributed by atoms with Crippen LogP contribution < -0.4 is 20.1 Å². The van der Waals surface area contributed by atoms with Crippen LogP contribution in [-0.4, -0.2) is 39.1 Å². The Hall–Kier alpha value is -2.66. The van der Waals surface area contributed by atoms with Crippen LogP contribution in [0.3, 0.4) is 0 Å². The Morgan fingerprint density at radius 3 is 2.53 bits per heavy atom. The molecule has 1 unspecified atom stereocenters. The zero-order valence-electron chi connectivity index (χ0n) is 19.5. The van der Waals surface area contributed by atoms with Crippen molar-refractivity contribution in [2.75, 3.05) is 17.9 Å². The van der Waals surface area contributed by atoms with Crippen LogP contribution in [0, 0.1) is 5.92 Å². The van der Waals surface area contributed by atoms with Crippen LogP contribution in [0.4, 0.5) is 5.69 Å². The van der Waals surface area contributed by atoms with Gasteiger partial charge in [-0.05, 0) is 36.2 Å².